The fourth-order valence-corrected chi connectivity index (χ4v) is 5.59. The minimum atomic E-state index is -0.273. The SMILES string of the molecule is O=C(C1CNC1)N(Cc1ccc(F)cc1)[C@H]1CC[C@H](Nc2cc(-c3c[nH]c4ncccc34)cc(=O)[nH]2)CC1. The molecule has 1 aliphatic carbocycles. The third-order valence-corrected chi connectivity index (χ3v) is 7.78. The fourth-order valence-electron chi connectivity index (χ4n) is 5.59. The maximum Gasteiger partial charge on any atom is 0.250 e. The van der Waals surface area contributed by atoms with Crippen molar-refractivity contribution >= 4 is 22.8 Å². The Kier molecular flexibility index (Phi) is 6.68. The lowest BCUT2D eigenvalue weighted by Crippen LogP contribution is -2.54. The Bertz CT molecular complexity index is 1480. The maximum absolute atomic E-state index is 13.4. The van der Waals surface area contributed by atoms with E-state index in [9.17, 15) is 14.0 Å². The second kappa shape index (κ2) is 10.4. The Hall–Kier alpha value is -3.98. The van der Waals surface area contributed by atoms with Gasteiger partial charge in [-0.15, -0.1) is 0 Å². The molecule has 9 heteroatoms. The van der Waals surface area contributed by atoms with Crippen molar-refractivity contribution in [2.24, 2.45) is 5.92 Å². The second-order valence-electron chi connectivity index (χ2n) is 10.3. The van der Waals surface area contributed by atoms with E-state index < -0.39 is 0 Å². The number of nitrogens with zero attached hydrogens (tertiary/aromatic N) is 2. The van der Waals surface area contributed by atoms with E-state index in [2.05, 4.69) is 25.6 Å². The van der Waals surface area contributed by atoms with E-state index in [-0.39, 0.29) is 35.3 Å². The molecule has 38 heavy (non-hydrogen) atoms. The van der Waals surface area contributed by atoms with Crippen molar-refractivity contribution in [3.63, 3.8) is 0 Å². The highest BCUT2D eigenvalue weighted by Crippen LogP contribution is 2.30. The third-order valence-electron chi connectivity index (χ3n) is 7.78. The van der Waals surface area contributed by atoms with Crippen LogP contribution in [0.1, 0.15) is 31.2 Å². The average Bonchev–Trinajstić information content (AvgIpc) is 3.32. The van der Waals surface area contributed by atoms with Gasteiger partial charge in [0.05, 0.1) is 5.92 Å². The predicted molar refractivity (Wildman–Crippen MR) is 145 cm³/mol. The smallest absolute Gasteiger partial charge is 0.250 e. The highest BCUT2D eigenvalue weighted by Gasteiger charge is 2.35. The lowest BCUT2D eigenvalue weighted by molar-refractivity contribution is -0.141. The van der Waals surface area contributed by atoms with Crippen molar-refractivity contribution in [3.8, 4) is 11.1 Å². The summed E-state index contributed by atoms with van der Waals surface area (Å²) in [6.45, 7) is 1.92. The number of H-pyrrole nitrogens is 2. The summed E-state index contributed by atoms with van der Waals surface area (Å²) in [5.41, 5.74) is 3.32. The number of amides is 1. The van der Waals surface area contributed by atoms with Gasteiger partial charge in [0.25, 0.3) is 0 Å². The molecule has 1 saturated carbocycles. The van der Waals surface area contributed by atoms with Crippen LogP contribution in [-0.4, -0.2) is 50.9 Å². The number of hydrogen-bond donors (Lipinski definition) is 4. The van der Waals surface area contributed by atoms with Crippen molar-refractivity contribution in [1.82, 2.24) is 25.2 Å². The standard InChI is InChI=1S/C29H31FN6O2/c30-21-5-3-18(4-6-21)17-36(29(38)20-14-31-15-20)23-9-7-22(8-10-23)34-26-12-19(13-27(37)35-26)25-16-33-28-24(25)2-1-11-32-28/h1-6,11-13,16,20,22-23,31H,7-10,14-15,17H2,(H,32,33)(H2,34,35,37)/t22-,23-. The van der Waals surface area contributed by atoms with E-state index in [0.29, 0.717) is 25.5 Å². The van der Waals surface area contributed by atoms with Crippen molar-refractivity contribution in [2.45, 2.75) is 44.3 Å². The number of carbonyl (C=O) groups excluding carboxylic acids is 1. The molecule has 1 saturated heterocycles. The van der Waals surface area contributed by atoms with Gasteiger partial charge < -0.3 is 25.5 Å². The summed E-state index contributed by atoms with van der Waals surface area (Å²) in [5, 5.41) is 7.69. The second-order valence-corrected chi connectivity index (χ2v) is 10.3. The van der Waals surface area contributed by atoms with Crippen molar-refractivity contribution in [3.05, 3.63) is 82.7 Å². The molecule has 2 fully saturated rings. The van der Waals surface area contributed by atoms with Gasteiger partial charge >= 0.3 is 0 Å². The molecule has 0 radical (unpaired) electrons. The molecule has 0 bridgehead atoms. The molecule has 1 aliphatic heterocycles. The molecule has 3 aromatic heterocycles. The minimum Gasteiger partial charge on any atom is -0.369 e. The molecule has 2 aliphatic rings. The van der Waals surface area contributed by atoms with Gasteiger partial charge in [-0.3, -0.25) is 9.59 Å². The van der Waals surface area contributed by atoms with Crippen LogP contribution in [0.3, 0.4) is 0 Å². The number of pyridine rings is 2. The first-order chi connectivity index (χ1) is 18.5. The Morgan fingerprint density at radius 3 is 2.61 bits per heavy atom. The first kappa shape index (κ1) is 24.4. The summed E-state index contributed by atoms with van der Waals surface area (Å²) in [7, 11) is 0. The summed E-state index contributed by atoms with van der Waals surface area (Å²) in [6, 6.07) is 14.2. The zero-order valence-electron chi connectivity index (χ0n) is 21.0. The van der Waals surface area contributed by atoms with Crippen LogP contribution in [-0.2, 0) is 11.3 Å². The van der Waals surface area contributed by atoms with Crippen LogP contribution in [0.5, 0.6) is 0 Å². The molecular weight excluding hydrogens is 483 g/mol. The molecule has 1 aromatic carbocycles. The van der Waals surface area contributed by atoms with Gasteiger partial charge in [0.15, 0.2) is 0 Å². The summed E-state index contributed by atoms with van der Waals surface area (Å²) in [6.07, 6.45) is 7.10. The predicted octanol–water partition coefficient (Wildman–Crippen LogP) is 4.03. The van der Waals surface area contributed by atoms with Crippen LogP contribution in [0, 0.1) is 11.7 Å². The lowest BCUT2D eigenvalue weighted by atomic mass is 9.88. The first-order valence-electron chi connectivity index (χ1n) is 13.2. The molecule has 1 amide bonds. The largest absolute Gasteiger partial charge is 0.369 e. The molecule has 4 heterocycles. The van der Waals surface area contributed by atoms with Gasteiger partial charge in [0, 0.05) is 61.1 Å². The lowest BCUT2D eigenvalue weighted by Gasteiger charge is -2.40. The van der Waals surface area contributed by atoms with E-state index in [1.54, 1.807) is 24.4 Å². The van der Waals surface area contributed by atoms with Crippen LogP contribution in [0.25, 0.3) is 22.2 Å². The average molecular weight is 515 g/mol. The molecule has 4 N–H and O–H groups in total. The number of anilines is 1. The first-order valence-corrected chi connectivity index (χ1v) is 13.2. The third kappa shape index (κ3) is 5.06. The number of aromatic amines is 2. The summed E-state index contributed by atoms with van der Waals surface area (Å²) >= 11 is 0. The Balaban J connectivity index is 1.14. The van der Waals surface area contributed by atoms with Crippen molar-refractivity contribution in [2.75, 3.05) is 18.4 Å². The van der Waals surface area contributed by atoms with Crippen molar-refractivity contribution in [1.29, 1.82) is 0 Å². The number of rotatable bonds is 7. The molecule has 6 rings (SSSR count). The zero-order chi connectivity index (χ0) is 26.1. The maximum atomic E-state index is 13.4. The van der Waals surface area contributed by atoms with E-state index >= 15 is 0 Å². The Morgan fingerprint density at radius 2 is 1.87 bits per heavy atom. The van der Waals surface area contributed by atoms with Gasteiger partial charge in [-0.25, -0.2) is 9.37 Å². The van der Waals surface area contributed by atoms with E-state index in [1.807, 2.05) is 29.3 Å². The minimum absolute atomic E-state index is 0.0128. The van der Waals surface area contributed by atoms with Gasteiger partial charge in [-0.1, -0.05) is 12.1 Å². The highest BCUT2D eigenvalue weighted by molar-refractivity contribution is 5.93. The number of carbonyl (C=O) groups is 1. The molecular formula is C29H31FN6O2. The number of nitrogens with one attached hydrogen (secondary N) is 4. The van der Waals surface area contributed by atoms with E-state index in [1.165, 1.54) is 12.1 Å². The topological polar surface area (TPSA) is 106 Å². The quantitative estimate of drug-likeness (QED) is 0.298. The zero-order valence-corrected chi connectivity index (χ0v) is 21.0. The molecule has 196 valence electrons. The van der Waals surface area contributed by atoms with Gasteiger partial charge in [-0.05, 0) is 67.1 Å². The van der Waals surface area contributed by atoms with Gasteiger partial charge in [0.2, 0.25) is 11.5 Å². The number of halogens is 1. The van der Waals surface area contributed by atoms with E-state index in [4.69, 9.17) is 0 Å². The molecule has 8 nitrogen and oxygen atoms in total. The van der Waals surface area contributed by atoms with Crippen LogP contribution < -0.4 is 16.2 Å². The Morgan fingerprint density at radius 1 is 1.08 bits per heavy atom. The molecule has 0 atom stereocenters. The van der Waals surface area contributed by atoms with Crippen LogP contribution in [0.4, 0.5) is 10.2 Å². The molecule has 4 aromatic rings. The highest BCUT2D eigenvalue weighted by atomic mass is 19.1. The number of fused-ring (bicyclic) bond motifs is 1. The number of aromatic nitrogens is 3. The van der Waals surface area contributed by atoms with Crippen LogP contribution in [0.15, 0.2) is 65.7 Å². The summed E-state index contributed by atoms with van der Waals surface area (Å²) in [4.78, 5) is 38.2. The van der Waals surface area contributed by atoms with Crippen LogP contribution >= 0.6 is 0 Å². The number of benzene rings is 1. The molecule has 0 spiro atoms. The normalized spacial score (nSPS) is 19.7. The molecule has 0 unspecified atom stereocenters. The van der Waals surface area contributed by atoms with Gasteiger partial charge in [0.1, 0.15) is 17.3 Å². The number of hydrogen-bond acceptors (Lipinski definition) is 5. The van der Waals surface area contributed by atoms with Gasteiger partial charge in [-0.2, -0.15) is 0 Å². The fraction of sp³-hybridized carbons (Fsp3) is 0.345. The monoisotopic (exact) mass is 514 g/mol. The summed E-state index contributed by atoms with van der Waals surface area (Å²) < 4.78 is 13.4. The van der Waals surface area contributed by atoms with Crippen LogP contribution in [0.2, 0.25) is 0 Å². The van der Waals surface area contributed by atoms with E-state index in [0.717, 1.165) is 53.4 Å². The Labute approximate surface area is 219 Å². The summed E-state index contributed by atoms with van der Waals surface area (Å²) in [5.74, 6) is 0.604. The van der Waals surface area contributed by atoms with Crippen molar-refractivity contribution < 1.29 is 9.18 Å².